The van der Waals surface area contributed by atoms with Crippen LogP contribution in [0.2, 0.25) is 5.15 Å². The molecule has 6 heteroatoms. The van der Waals surface area contributed by atoms with E-state index in [0.29, 0.717) is 18.2 Å². The molecule has 5 nitrogen and oxygen atoms in total. The molecule has 0 unspecified atom stereocenters. The molecule has 0 spiro atoms. The fourth-order valence-corrected chi connectivity index (χ4v) is 2.04. The molecule has 1 N–H and O–H groups in total. The molecule has 2 rings (SSSR count). The summed E-state index contributed by atoms with van der Waals surface area (Å²) in [5.41, 5.74) is 1.55. The summed E-state index contributed by atoms with van der Waals surface area (Å²) in [4.78, 5) is 13.4. The third-order valence-electron chi connectivity index (χ3n) is 2.81. The number of nitrogens with zero attached hydrogens (tertiary/aromatic N) is 3. The molecule has 16 heavy (non-hydrogen) atoms. The summed E-state index contributed by atoms with van der Waals surface area (Å²) in [5.74, 6) is -0.0108. The molecule has 88 valence electrons. The highest BCUT2D eigenvalue weighted by molar-refractivity contribution is 6.30. The summed E-state index contributed by atoms with van der Waals surface area (Å²) >= 11 is 6.03. The number of aliphatic hydroxyl groups excluding tert-OH is 1. The van der Waals surface area contributed by atoms with Crippen molar-refractivity contribution in [3.63, 3.8) is 0 Å². The van der Waals surface area contributed by atoms with Crippen molar-refractivity contribution in [2.24, 2.45) is 7.05 Å². The minimum Gasteiger partial charge on any atom is -0.389 e. The molecule has 0 atom stereocenters. The van der Waals surface area contributed by atoms with Crippen LogP contribution < -0.4 is 0 Å². The Bertz CT molecular complexity index is 424. The number of β-amino-alcohol motifs (C(OH)–C–C–N with tert-alkyl or cyclic N) is 1. The Hall–Kier alpha value is -1.07. The fraction of sp³-hybridized carbons (Fsp3) is 0.600. The summed E-state index contributed by atoms with van der Waals surface area (Å²) in [7, 11) is 1.75. The summed E-state index contributed by atoms with van der Waals surface area (Å²) in [6.45, 7) is 2.69. The van der Waals surface area contributed by atoms with Gasteiger partial charge in [-0.2, -0.15) is 5.10 Å². The van der Waals surface area contributed by atoms with E-state index in [1.54, 1.807) is 16.6 Å². The lowest BCUT2D eigenvalue weighted by atomic mass is 10.1. The lowest BCUT2D eigenvalue weighted by Gasteiger charge is -2.35. The van der Waals surface area contributed by atoms with Crippen LogP contribution >= 0.6 is 11.6 Å². The lowest BCUT2D eigenvalue weighted by Crippen LogP contribution is -2.54. The molecule has 2 heterocycles. The molecule has 0 aromatic carbocycles. The first-order valence-corrected chi connectivity index (χ1v) is 5.50. The monoisotopic (exact) mass is 243 g/mol. The predicted octanol–water partition coefficient (Wildman–Crippen LogP) is 0.128. The quantitative estimate of drug-likeness (QED) is 0.803. The molecular formula is C10H14ClN3O2. The summed E-state index contributed by atoms with van der Waals surface area (Å²) in [5, 5.41) is 13.8. The van der Waals surface area contributed by atoms with E-state index in [1.807, 2.05) is 6.92 Å². The minimum atomic E-state index is -0.366. The van der Waals surface area contributed by atoms with E-state index in [0.717, 1.165) is 11.3 Å². The van der Waals surface area contributed by atoms with Crippen LogP contribution in [0.1, 0.15) is 11.3 Å². The highest BCUT2D eigenvalue weighted by Gasteiger charge is 2.29. The van der Waals surface area contributed by atoms with E-state index >= 15 is 0 Å². The van der Waals surface area contributed by atoms with Crippen LogP contribution in [0.25, 0.3) is 0 Å². The van der Waals surface area contributed by atoms with Crippen molar-refractivity contribution in [2.45, 2.75) is 19.4 Å². The van der Waals surface area contributed by atoms with Crippen LogP contribution in [0.15, 0.2) is 0 Å². The van der Waals surface area contributed by atoms with E-state index in [-0.39, 0.29) is 18.4 Å². The SMILES string of the molecule is Cc1nn(C)c(Cl)c1CC(=O)N1CC(O)C1. The van der Waals surface area contributed by atoms with E-state index in [2.05, 4.69) is 5.10 Å². The van der Waals surface area contributed by atoms with Gasteiger partial charge in [0.25, 0.3) is 0 Å². The number of hydrogen-bond acceptors (Lipinski definition) is 3. The summed E-state index contributed by atoms with van der Waals surface area (Å²) < 4.78 is 1.56. The van der Waals surface area contributed by atoms with Gasteiger partial charge >= 0.3 is 0 Å². The van der Waals surface area contributed by atoms with Crippen molar-refractivity contribution in [3.05, 3.63) is 16.4 Å². The van der Waals surface area contributed by atoms with Crippen LogP contribution in [-0.2, 0) is 18.3 Å². The number of aromatic nitrogens is 2. The number of carbonyl (C=O) groups is 1. The summed E-state index contributed by atoms with van der Waals surface area (Å²) in [6, 6.07) is 0. The Labute approximate surface area is 98.6 Å². The molecule has 0 radical (unpaired) electrons. The first kappa shape index (κ1) is 11.4. The van der Waals surface area contributed by atoms with Gasteiger partial charge in [-0.25, -0.2) is 0 Å². The van der Waals surface area contributed by atoms with Crippen LogP contribution in [-0.4, -0.2) is 44.9 Å². The maximum atomic E-state index is 11.8. The van der Waals surface area contributed by atoms with Gasteiger partial charge in [-0.1, -0.05) is 11.6 Å². The number of carbonyl (C=O) groups excluding carboxylic acids is 1. The highest BCUT2D eigenvalue weighted by Crippen LogP contribution is 2.20. The molecular weight excluding hydrogens is 230 g/mol. The molecule has 1 aliphatic rings. The Kier molecular flexibility index (Phi) is 2.90. The Balaban J connectivity index is 2.06. The first-order valence-electron chi connectivity index (χ1n) is 5.13. The van der Waals surface area contributed by atoms with Gasteiger partial charge in [-0.05, 0) is 6.92 Å². The number of hydrogen-bond donors (Lipinski definition) is 1. The molecule has 0 aliphatic carbocycles. The normalized spacial score (nSPS) is 16.4. The van der Waals surface area contributed by atoms with Gasteiger partial charge in [0.05, 0.1) is 18.2 Å². The molecule has 1 aromatic rings. The van der Waals surface area contributed by atoms with Crippen LogP contribution in [0.3, 0.4) is 0 Å². The number of aliphatic hydroxyl groups is 1. The third kappa shape index (κ3) is 1.92. The van der Waals surface area contributed by atoms with Crippen molar-refractivity contribution in [1.29, 1.82) is 0 Å². The summed E-state index contributed by atoms with van der Waals surface area (Å²) in [6.07, 6.45) is -0.111. The smallest absolute Gasteiger partial charge is 0.227 e. The Morgan fingerprint density at radius 3 is 2.69 bits per heavy atom. The Morgan fingerprint density at radius 2 is 2.25 bits per heavy atom. The number of halogens is 1. The zero-order valence-corrected chi connectivity index (χ0v) is 10.0. The molecule has 1 aliphatic heterocycles. The standard InChI is InChI=1S/C10H14ClN3O2/c1-6-8(10(11)13(2)12-6)3-9(16)14-4-7(15)5-14/h7,15H,3-5H2,1-2H3. The van der Waals surface area contributed by atoms with Gasteiger partial charge in [0.1, 0.15) is 5.15 Å². The number of likely N-dealkylation sites (tertiary alicyclic amines) is 1. The van der Waals surface area contributed by atoms with E-state index in [4.69, 9.17) is 16.7 Å². The number of amides is 1. The van der Waals surface area contributed by atoms with Gasteiger partial charge in [-0.3, -0.25) is 9.48 Å². The second kappa shape index (κ2) is 4.07. The minimum absolute atomic E-state index is 0.0108. The lowest BCUT2D eigenvalue weighted by molar-refractivity contribution is -0.140. The maximum Gasteiger partial charge on any atom is 0.227 e. The van der Waals surface area contributed by atoms with Gasteiger partial charge in [0, 0.05) is 25.7 Å². The zero-order chi connectivity index (χ0) is 11.9. The molecule has 1 amide bonds. The number of rotatable bonds is 2. The molecule has 0 bridgehead atoms. The van der Waals surface area contributed by atoms with Crippen molar-refractivity contribution in [3.8, 4) is 0 Å². The third-order valence-corrected chi connectivity index (χ3v) is 3.29. The molecule has 1 saturated heterocycles. The van der Waals surface area contributed by atoms with Crippen LogP contribution in [0, 0.1) is 6.92 Å². The zero-order valence-electron chi connectivity index (χ0n) is 9.27. The van der Waals surface area contributed by atoms with Crippen molar-refractivity contribution < 1.29 is 9.90 Å². The van der Waals surface area contributed by atoms with Crippen molar-refractivity contribution >= 4 is 17.5 Å². The fourth-order valence-electron chi connectivity index (χ4n) is 1.80. The predicted molar refractivity (Wildman–Crippen MR) is 59.2 cm³/mol. The molecule has 1 fully saturated rings. The van der Waals surface area contributed by atoms with Crippen molar-refractivity contribution in [1.82, 2.24) is 14.7 Å². The van der Waals surface area contributed by atoms with E-state index in [1.165, 1.54) is 0 Å². The Morgan fingerprint density at radius 1 is 1.62 bits per heavy atom. The largest absolute Gasteiger partial charge is 0.389 e. The van der Waals surface area contributed by atoms with E-state index in [9.17, 15) is 4.79 Å². The van der Waals surface area contributed by atoms with Crippen molar-refractivity contribution in [2.75, 3.05) is 13.1 Å². The second-order valence-electron chi connectivity index (χ2n) is 4.11. The topological polar surface area (TPSA) is 58.4 Å². The van der Waals surface area contributed by atoms with Crippen LogP contribution in [0.4, 0.5) is 0 Å². The van der Waals surface area contributed by atoms with Gasteiger partial charge in [-0.15, -0.1) is 0 Å². The van der Waals surface area contributed by atoms with E-state index < -0.39 is 0 Å². The van der Waals surface area contributed by atoms with Gasteiger partial charge < -0.3 is 10.0 Å². The van der Waals surface area contributed by atoms with Gasteiger partial charge in [0.2, 0.25) is 5.91 Å². The van der Waals surface area contributed by atoms with Crippen LogP contribution in [0.5, 0.6) is 0 Å². The second-order valence-corrected chi connectivity index (χ2v) is 4.47. The maximum absolute atomic E-state index is 11.8. The highest BCUT2D eigenvalue weighted by atomic mass is 35.5. The number of aryl methyl sites for hydroxylation is 2. The van der Waals surface area contributed by atoms with Gasteiger partial charge in [0.15, 0.2) is 0 Å². The average Bonchev–Trinajstić information content (AvgIpc) is 2.40. The molecule has 1 aromatic heterocycles. The molecule has 0 saturated carbocycles. The first-order chi connectivity index (χ1) is 7.49. The average molecular weight is 244 g/mol.